The molecule has 3 aromatic heterocycles. The second-order valence-electron chi connectivity index (χ2n) is 7.17. The molecule has 8 nitrogen and oxygen atoms in total. The lowest BCUT2D eigenvalue weighted by atomic mass is 10.0. The van der Waals surface area contributed by atoms with E-state index in [2.05, 4.69) is 25.4 Å². The van der Waals surface area contributed by atoms with E-state index < -0.39 is 0 Å². The van der Waals surface area contributed by atoms with Gasteiger partial charge in [-0.25, -0.2) is 9.97 Å². The number of anilines is 1. The van der Waals surface area contributed by atoms with Crippen molar-refractivity contribution in [3.8, 4) is 23.0 Å². The topological polar surface area (TPSA) is 93.1 Å². The molecule has 0 atom stereocenters. The van der Waals surface area contributed by atoms with Crippen LogP contribution >= 0.6 is 0 Å². The molecule has 0 aliphatic carbocycles. The van der Waals surface area contributed by atoms with Crippen molar-refractivity contribution in [1.29, 1.82) is 0 Å². The van der Waals surface area contributed by atoms with Gasteiger partial charge in [0.05, 0.1) is 11.4 Å². The first-order valence-corrected chi connectivity index (χ1v) is 9.20. The Morgan fingerprint density at radius 3 is 2.68 bits per heavy atom. The van der Waals surface area contributed by atoms with Gasteiger partial charge in [0.2, 0.25) is 11.7 Å². The van der Waals surface area contributed by atoms with Crippen LogP contribution in [0, 0.1) is 6.92 Å². The zero-order chi connectivity index (χ0) is 19.3. The molecule has 1 saturated heterocycles. The fourth-order valence-corrected chi connectivity index (χ4v) is 3.26. The van der Waals surface area contributed by atoms with Crippen LogP contribution in [0.3, 0.4) is 0 Å². The summed E-state index contributed by atoms with van der Waals surface area (Å²) in [6.07, 6.45) is 0. The van der Waals surface area contributed by atoms with E-state index in [1.165, 1.54) is 0 Å². The lowest BCUT2D eigenvalue weighted by Gasteiger charge is -2.23. The minimum Gasteiger partial charge on any atom is -0.445 e. The summed E-state index contributed by atoms with van der Waals surface area (Å²) in [5, 5.41) is 8.41. The number of aromatic nitrogens is 4. The Balaban J connectivity index is 1.59. The molecule has 4 heterocycles. The van der Waals surface area contributed by atoms with Crippen molar-refractivity contribution in [2.75, 3.05) is 32.1 Å². The standard InChI is InChI=1S/C20H20N6O2/c1-11-17(23-19(27-11)12-9-21-10-12)20-24-18(25-28-20)14-8-16(26(2)3)22-15-7-5-4-6-13(14)15/h4-8,12,21H,9-10H2,1-3H3. The molecule has 28 heavy (non-hydrogen) atoms. The Hall–Kier alpha value is -3.26. The molecule has 0 spiro atoms. The molecule has 0 radical (unpaired) electrons. The average Bonchev–Trinajstić information content (AvgIpc) is 3.26. The van der Waals surface area contributed by atoms with Gasteiger partial charge in [0.15, 0.2) is 5.69 Å². The van der Waals surface area contributed by atoms with E-state index in [4.69, 9.17) is 8.94 Å². The van der Waals surface area contributed by atoms with E-state index in [0.717, 1.165) is 41.3 Å². The molecular weight excluding hydrogens is 356 g/mol. The third-order valence-corrected chi connectivity index (χ3v) is 4.97. The van der Waals surface area contributed by atoms with Crippen molar-refractivity contribution >= 4 is 16.7 Å². The van der Waals surface area contributed by atoms with E-state index >= 15 is 0 Å². The van der Waals surface area contributed by atoms with Gasteiger partial charge in [0, 0.05) is 38.1 Å². The predicted octanol–water partition coefficient (Wildman–Crippen LogP) is 3.00. The summed E-state index contributed by atoms with van der Waals surface area (Å²) in [7, 11) is 3.91. The van der Waals surface area contributed by atoms with Gasteiger partial charge in [0.1, 0.15) is 11.6 Å². The second-order valence-corrected chi connectivity index (χ2v) is 7.17. The highest BCUT2D eigenvalue weighted by molar-refractivity contribution is 5.94. The molecule has 4 aromatic rings. The summed E-state index contributed by atoms with van der Waals surface area (Å²) < 4.78 is 11.4. The van der Waals surface area contributed by atoms with Crippen LogP contribution in [0.1, 0.15) is 17.6 Å². The van der Waals surface area contributed by atoms with Crippen molar-refractivity contribution in [2.24, 2.45) is 0 Å². The molecule has 5 rings (SSSR count). The Kier molecular flexibility index (Phi) is 3.87. The molecule has 8 heteroatoms. The first-order valence-electron chi connectivity index (χ1n) is 9.20. The molecule has 1 aliphatic rings. The smallest absolute Gasteiger partial charge is 0.280 e. The van der Waals surface area contributed by atoms with Crippen molar-refractivity contribution in [3.63, 3.8) is 0 Å². The third-order valence-electron chi connectivity index (χ3n) is 4.97. The fraction of sp³-hybridized carbons (Fsp3) is 0.300. The highest BCUT2D eigenvalue weighted by Crippen LogP contribution is 2.32. The minimum atomic E-state index is 0.307. The molecular formula is C20H20N6O2. The van der Waals surface area contributed by atoms with Crippen LogP contribution < -0.4 is 10.2 Å². The quantitative estimate of drug-likeness (QED) is 0.581. The number of pyridine rings is 1. The number of hydrogen-bond acceptors (Lipinski definition) is 8. The zero-order valence-corrected chi connectivity index (χ0v) is 15.9. The third kappa shape index (κ3) is 2.73. The van der Waals surface area contributed by atoms with Gasteiger partial charge >= 0.3 is 0 Å². The SMILES string of the molecule is Cc1oc(C2CNC2)nc1-c1nc(-c2cc(N(C)C)nc3ccccc23)no1. The van der Waals surface area contributed by atoms with Crippen LogP contribution in [-0.4, -0.2) is 47.3 Å². The van der Waals surface area contributed by atoms with E-state index in [1.807, 2.05) is 56.3 Å². The lowest BCUT2D eigenvalue weighted by molar-refractivity contribution is 0.350. The number of para-hydroxylation sites is 1. The molecule has 1 fully saturated rings. The van der Waals surface area contributed by atoms with Crippen LogP contribution in [0.4, 0.5) is 5.82 Å². The Morgan fingerprint density at radius 1 is 1.11 bits per heavy atom. The number of fused-ring (bicyclic) bond motifs is 1. The number of hydrogen-bond donors (Lipinski definition) is 1. The van der Waals surface area contributed by atoms with Gasteiger partial charge in [-0.2, -0.15) is 4.98 Å². The summed E-state index contributed by atoms with van der Waals surface area (Å²) >= 11 is 0. The highest BCUT2D eigenvalue weighted by Gasteiger charge is 2.27. The van der Waals surface area contributed by atoms with Crippen molar-refractivity contribution in [2.45, 2.75) is 12.8 Å². The summed E-state index contributed by atoms with van der Waals surface area (Å²) in [4.78, 5) is 15.9. The Labute approximate surface area is 161 Å². The van der Waals surface area contributed by atoms with Gasteiger partial charge in [-0.05, 0) is 19.1 Å². The Bertz CT molecular complexity index is 1160. The minimum absolute atomic E-state index is 0.307. The maximum Gasteiger partial charge on any atom is 0.280 e. The Morgan fingerprint density at radius 2 is 1.93 bits per heavy atom. The van der Waals surface area contributed by atoms with Gasteiger partial charge in [-0.1, -0.05) is 23.4 Å². The van der Waals surface area contributed by atoms with Crippen molar-refractivity contribution < 1.29 is 8.94 Å². The maximum atomic E-state index is 5.81. The van der Waals surface area contributed by atoms with E-state index in [1.54, 1.807) is 0 Å². The summed E-state index contributed by atoms with van der Waals surface area (Å²) in [6.45, 7) is 3.63. The van der Waals surface area contributed by atoms with Crippen LogP contribution in [0.25, 0.3) is 33.9 Å². The summed E-state index contributed by atoms with van der Waals surface area (Å²) in [5.74, 6) is 3.41. The molecule has 0 amide bonds. The zero-order valence-electron chi connectivity index (χ0n) is 15.9. The number of oxazole rings is 1. The molecule has 0 saturated carbocycles. The summed E-state index contributed by atoms with van der Waals surface area (Å²) in [5.41, 5.74) is 2.35. The number of rotatable bonds is 4. The van der Waals surface area contributed by atoms with E-state index in [0.29, 0.717) is 29.1 Å². The summed E-state index contributed by atoms with van der Waals surface area (Å²) in [6, 6.07) is 9.90. The first kappa shape index (κ1) is 16.9. The van der Waals surface area contributed by atoms with Crippen LogP contribution in [0.15, 0.2) is 39.3 Å². The largest absolute Gasteiger partial charge is 0.445 e. The number of nitrogens with zero attached hydrogens (tertiary/aromatic N) is 5. The number of benzene rings is 1. The van der Waals surface area contributed by atoms with Crippen LogP contribution in [0.2, 0.25) is 0 Å². The molecule has 1 N–H and O–H groups in total. The number of aryl methyl sites for hydroxylation is 1. The maximum absolute atomic E-state index is 5.81. The van der Waals surface area contributed by atoms with Gasteiger partial charge in [0.25, 0.3) is 5.89 Å². The van der Waals surface area contributed by atoms with E-state index in [-0.39, 0.29) is 0 Å². The molecule has 142 valence electrons. The van der Waals surface area contributed by atoms with Crippen LogP contribution in [-0.2, 0) is 0 Å². The highest BCUT2D eigenvalue weighted by atomic mass is 16.5. The fourth-order valence-electron chi connectivity index (χ4n) is 3.26. The van der Waals surface area contributed by atoms with Crippen molar-refractivity contribution in [1.82, 2.24) is 25.4 Å². The van der Waals surface area contributed by atoms with Gasteiger partial charge in [-0.15, -0.1) is 0 Å². The molecule has 0 unspecified atom stereocenters. The monoisotopic (exact) mass is 376 g/mol. The van der Waals surface area contributed by atoms with E-state index in [9.17, 15) is 0 Å². The van der Waals surface area contributed by atoms with Gasteiger partial charge < -0.3 is 19.2 Å². The number of nitrogens with one attached hydrogen (secondary N) is 1. The molecule has 1 aliphatic heterocycles. The molecule has 1 aromatic carbocycles. The van der Waals surface area contributed by atoms with Crippen molar-refractivity contribution in [3.05, 3.63) is 42.0 Å². The first-order chi connectivity index (χ1) is 13.6. The average molecular weight is 376 g/mol. The predicted molar refractivity (Wildman–Crippen MR) is 105 cm³/mol. The lowest BCUT2D eigenvalue weighted by Crippen LogP contribution is -2.40. The molecule has 0 bridgehead atoms. The van der Waals surface area contributed by atoms with Crippen LogP contribution in [0.5, 0.6) is 0 Å². The van der Waals surface area contributed by atoms with Gasteiger partial charge in [-0.3, -0.25) is 0 Å². The second kappa shape index (κ2) is 6.42. The normalized spacial score (nSPS) is 14.4.